The van der Waals surface area contributed by atoms with Crippen LogP contribution < -0.4 is 11.2 Å². The number of aromatic nitrogens is 4. The standard InChI is InChI=1S/C13H11N5O4/c19-12-5-4-10(18(21)22)9-15(12)7-8-17-13(20)16-6-2-1-3-11(16)14-17/h1-6,9H,7-8H2. The number of nitrogens with zero attached hydrogens (tertiary/aromatic N) is 5. The molecule has 0 aromatic carbocycles. The van der Waals surface area contributed by atoms with Gasteiger partial charge in [-0.15, -0.1) is 5.10 Å². The van der Waals surface area contributed by atoms with Gasteiger partial charge in [0.25, 0.3) is 11.2 Å². The molecule has 9 heteroatoms. The second kappa shape index (κ2) is 5.28. The van der Waals surface area contributed by atoms with Crippen LogP contribution in [0, 0.1) is 10.1 Å². The molecule has 0 amide bonds. The van der Waals surface area contributed by atoms with Gasteiger partial charge >= 0.3 is 5.69 Å². The van der Waals surface area contributed by atoms with Gasteiger partial charge in [-0.3, -0.25) is 19.3 Å². The van der Waals surface area contributed by atoms with Crippen molar-refractivity contribution in [1.82, 2.24) is 18.7 Å². The summed E-state index contributed by atoms with van der Waals surface area (Å²) in [5, 5.41) is 14.9. The fourth-order valence-corrected chi connectivity index (χ4v) is 2.12. The molecule has 0 saturated heterocycles. The van der Waals surface area contributed by atoms with Crippen LogP contribution in [0.3, 0.4) is 0 Å². The summed E-state index contributed by atoms with van der Waals surface area (Å²) in [5.74, 6) is 0. The molecule has 0 fully saturated rings. The topological polar surface area (TPSA) is 104 Å². The van der Waals surface area contributed by atoms with E-state index in [-0.39, 0.29) is 30.0 Å². The summed E-state index contributed by atoms with van der Waals surface area (Å²) >= 11 is 0. The van der Waals surface area contributed by atoms with Crippen LogP contribution in [0.5, 0.6) is 0 Å². The normalized spacial score (nSPS) is 10.9. The van der Waals surface area contributed by atoms with E-state index in [1.807, 2.05) is 0 Å². The van der Waals surface area contributed by atoms with Gasteiger partial charge in [0.2, 0.25) is 0 Å². The van der Waals surface area contributed by atoms with Crippen molar-refractivity contribution in [2.75, 3.05) is 0 Å². The maximum absolute atomic E-state index is 12.1. The van der Waals surface area contributed by atoms with E-state index in [9.17, 15) is 19.7 Å². The lowest BCUT2D eigenvalue weighted by Crippen LogP contribution is -2.27. The highest BCUT2D eigenvalue weighted by Gasteiger charge is 2.09. The SMILES string of the molecule is O=c1ccc([N+](=O)[O-])cn1CCn1nc2ccccn2c1=O. The summed E-state index contributed by atoms with van der Waals surface area (Å²) in [4.78, 5) is 33.9. The van der Waals surface area contributed by atoms with E-state index in [0.29, 0.717) is 5.65 Å². The molecule has 0 saturated carbocycles. The van der Waals surface area contributed by atoms with Crippen molar-refractivity contribution in [2.45, 2.75) is 13.1 Å². The first-order chi connectivity index (χ1) is 10.6. The smallest absolute Gasteiger partial charge is 0.307 e. The second-order valence-corrected chi connectivity index (χ2v) is 4.61. The molecule has 3 rings (SSSR count). The molecule has 112 valence electrons. The first-order valence-electron chi connectivity index (χ1n) is 6.45. The van der Waals surface area contributed by atoms with Gasteiger partial charge in [-0.25, -0.2) is 9.48 Å². The van der Waals surface area contributed by atoms with Crippen LogP contribution in [0.2, 0.25) is 0 Å². The van der Waals surface area contributed by atoms with E-state index in [1.54, 1.807) is 24.4 Å². The van der Waals surface area contributed by atoms with E-state index in [2.05, 4.69) is 5.10 Å². The van der Waals surface area contributed by atoms with Gasteiger partial charge in [-0.1, -0.05) is 6.07 Å². The fraction of sp³-hybridized carbons (Fsp3) is 0.154. The Hall–Kier alpha value is -3.23. The van der Waals surface area contributed by atoms with E-state index in [4.69, 9.17) is 0 Å². The van der Waals surface area contributed by atoms with Crippen LogP contribution in [0.1, 0.15) is 0 Å². The first kappa shape index (κ1) is 13.7. The van der Waals surface area contributed by atoms with Crippen LogP contribution in [-0.4, -0.2) is 23.7 Å². The largest absolute Gasteiger partial charge is 0.350 e. The number of nitro groups is 1. The molecule has 0 aliphatic rings. The minimum absolute atomic E-state index is 0.115. The highest BCUT2D eigenvalue weighted by Crippen LogP contribution is 2.06. The van der Waals surface area contributed by atoms with Gasteiger partial charge in [0.1, 0.15) is 0 Å². The highest BCUT2D eigenvalue weighted by atomic mass is 16.6. The van der Waals surface area contributed by atoms with Gasteiger partial charge in [0.05, 0.1) is 17.7 Å². The molecule has 9 nitrogen and oxygen atoms in total. The molecule has 0 spiro atoms. The lowest BCUT2D eigenvalue weighted by molar-refractivity contribution is -0.385. The summed E-state index contributed by atoms with van der Waals surface area (Å²) in [7, 11) is 0. The van der Waals surface area contributed by atoms with Crippen LogP contribution in [0.4, 0.5) is 5.69 Å². The summed E-state index contributed by atoms with van der Waals surface area (Å²) in [5.41, 5.74) is -0.377. The van der Waals surface area contributed by atoms with Crippen molar-refractivity contribution in [1.29, 1.82) is 0 Å². The van der Waals surface area contributed by atoms with Crippen molar-refractivity contribution in [3.63, 3.8) is 0 Å². The average molecular weight is 301 g/mol. The molecule has 0 radical (unpaired) electrons. The van der Waals surface area contributed by atoms with E-state index in [1.165, 1.54) is 13.6 Å². The Morgan fingerprint density at radius 1 is 1.14 bits per heavy atom. The summed E-state index contributed by atoms with van der Waals surface area (Å²) < 4.78 is 3.80. The number of aryl methyl sites for hydroxylation is 2. The Balaban J connectivity index is 1.90. The fourth-order valence-electron chi connectivity index (χ4n) is 2.12. The summed E-state index contributed by atoms with van der Waals surface area (Å²) in [6, 6.07) is 7.45. The molecule has 0 aliphatic carbocycles. The lowest BCUT2D eigenvalue weighted by Gasteiger charge is -2.04. The Morgan fingerprint density at radius 2 is 1.95 bits per heavy atom. The quantitative estimate of drug-likeness (QED) is 0.508. The maximum atomic E-state index is 12.1. The molecule has 3 heterocycles. The summed E-state index contributed by atoms with van der Waals surface area (Å²) in [6.07, 6.45) is 2.75. The molecule has 0 unspecified atom stereocenters. The van der Waals surface area contributed by atoms with Crippen LogP contribution in [0.25, 0.3) is 5.65 Å². The lowest BCUT2D eigenvalue weighted by atomic mass is 10.4. The Kier molecular flexibility index (Phi) is 3.30. The van der Waals surface area contributed by atoms with Crippen LogP contribution in [0.15, 0.2) is 52.3 Å². The Morgan fingerprint density at radius 3 is 2.68 bits per heavy atom. The number of hydrogen-bond acceptors (Lipinski definition) is 5. The molecule has 0 bridgehead atoms. The van der Waals surface area contributed by atoms with Gasteiger partial charge in [-0.2, -0.15) is 0 Å². The third kappa shape index (κ3) is 2.39. The third-order valence-electron chi connectivity index (χ3n) is 3.22. The van der Waals surface area contributed by atoms with Gasteiger partial charge < -0.3 is 4.57 Å². The van der Waals surface area contributed by atoms with Crippen molar-refractivity contribution in [3.8, 4) is 0 Å². The number of pyridine rings is 2. The Bertz CT molecular complexity index is 968. The van der Waals surface area contributed by atoms with Gasteiger partial charge in [0.15, 0.2) is 5.65 Å². The van der Waals surface area contributed by atoms with Crippen molar-refractivity contribution in [3.05, 3.63) is 73.7 Å². The van der Waals surface area contributed by atoms with E-state index < -0.39 is 4.92 Å². The zero-order valence-electron chi connectivity index (χ0n) is 11.3. The maximum Gasteiger partial charge on any atom is 0.350 e. The third-order valence-corrected chi connectivity index (χ3v) is 3.22. The zero-order valence-corrected chi connectivity index (χ0v) is 11.3. The molecule has 3 aromatic heterocycles. The Labute approximate surface area is 122 Å². The second-order valence-electron chi connectivity index (χ2n) is 4.61. The van der Waals surface area contributed by atoms with Gasteiger partial charge in [-0.05, 0) is 12.1 Å². The van der Waals surface area contributed by atoms with Gasteiger partial charge in [0, 0.05) is 24.9 Å². The monoisotopic (exact) mass is 301 g/mol. The number of fused-ring (bicyclic) bond motifs is 1. The van der Waals surface area contributed by atoms with E-state index in [0.717, 1.165) is 18.3 Å². The minimum Gasteiger partial charge on any atom is -0.307 e. The van der Waals surface area contributed by atoms with Crippen LogP contribution >= 0.6 is 0 Å². The molecule has 0 N–H and O–H groups in total. The molecule has 22 heavy (non-hydrogen) atoms. The molecule has 0 atom stereocenters. The van der Waals surface area contributed by atoms with E-state index >= 15 is 0 Å². The van der Waals surface area contributed by atoms with Crippen LogP contribution in [-0.2, 0) is 13.1 Å². The van der Waals surface area contributed by atoms with Crippen molar-refractivity contribution < 1.29 is 4.92 Å². The number of hydrogen-bond donors (Lipinski definition) is 0. The summed E-state index contributed by atoms with van der Waals surface area (Å²) in [6.45, 7) is 0.256. The predicted octanol–water partition coefficient (Wildman–Crippen LogP) is 0.266. The molecule has 0 aliphatic heterocycles. The molecule has 3 aromatic rings. The highest BCUT2D eigenvalue weighted by molar-refractivity contribution is 5.35. The zero-order chi connectivity index (χ0) is 15.7. The average Bonchev–Trinajstić information content (AvgIpc) is 2.83. The predicted molar refractivity (Wildman–Crippen MR) is 76.8 cm³/mol. The minimum atomic E-state index is -0.576. The molecular formula is C13H11N5O4. The number of rotatable bonds is 4. The first-order valence-corrected chi connectivity index (χ1v) is 6.45. The molecular weight excluding hydrogens is 290 g/mol. The van der Waals surface area contributed by atoms with Crippen molar-refractivity contribution in [2.24, 2.45) is 0 Å². The van der Waals surface area contributed by atoms with Crippen molar-refractivity contribution >= 4 is 11.3 Å².